The van der Waals surface area contributed by atoms with Crippen LogP contribution in [0.15, 0.2) is 46.6 Å². The lowest BCUT2D eigenvalue weighted by Crippen LogP contribution is -2.08. The summed E-state index contributed by atoms with van der Waals surface area (Å²) in [5, 5.41) is 19.8. The Morgan fingerprint density at radius 3 is 2.70 bits per heavy atom. The van der Waals surface area contributed by atoms with Crippen LogP contribution in [0.3, 0.4) is 0 Å². The van der Waals surface area contributed by atoms with Crippen LogP contribution in [0.4, 0.5) is 5.69 Å². The molecule has 3 aromatic rings. The van der Waals surface area contributed by atoms with Gasteiger partial charge in [0.2, 0.25) is 5.88 Å². The third-order valence-electron chi connectivity index (χ3n) is 4.46. The summed E-state index contributed by atoms with van der Waals surface area (Å²) in [6.45, 7) is 2.33. The van der Waals surface area contributed by atoms with E-state index in [9.17, 15) is 9.90 Å². The Kier molecular flexibility index (Phi) is 7.18. The monoisotopic (exact) mass is 449 g/mol. The Labute approximate surface area is 183 Å². The van der Waals surface area contributed by atoms with E-state index in [1.165, 1.54) is 6.07 Å². The standard InChI is InChI=1S/C21H21Cl2N3O4/c1-3-4-9-26-17-7-6-14(29-2)11-15(17)20(21(26)28)25-24-19(27)12-30-18-8-5-13(22)10-16(18)23/h5-8,10-11,28H,3-4,9,12H2,1-2H3. The summed E-state index contributed by atoms with van der Waals surface area (Å²) >= 11 is 11.9. The quantitative estimate of drug-likeness (QED) is 0.417. The van der Waals surface area contributed by atoms with Gasteiger partial charge >= 0.3 is 5.91 Å². The zero-order chi connectivity index (χ0) is 21.7. The van der Waals surface area contributed by atoms with Crippen LogP contribution in [-0.2, 0) is 11.3 Å². The van der Waals surface area contributed by atoms with Gasteiger partial charge in [-0.15, -0.1) is 10.2 Å². The van der Waals surface area contributed by atoms with E-state index in [4.69, 9.17) is 32.7 Å². The molecule has 1 amide bonds. The topological polar surface area (TPSA) is 85.4 Å². The molecular formula is C21H21Cl2N3O4. The van der Waals surface area contributed by atoms with Gasteiger partial charge in [-0.05, 0) is 42.8 Å². The fourth-order valence-corrected chi connectivity index (χ4v) is 3.40. The number of hydrogen-bond donors (Lipinski definition) is 1. The molecule has 158 valence electrons. The van der Waals surface area contributed by atoms with Crippen molar-refractivity contribution in [3.8, 4) is 17.4 Å². The second kappa shape index (κ2) is 9.82. The lowest BCUT2D eigenvalue weighted by molar-refractivity contribution is -0.120. The molecular weight excluding hydrogens is 429 g/mol. The van der Waals surface area contributed by atoms with Crippen molar-refractivity contribution in [3.05, 3.63) is 46.4 Å². The van der Waals surface area contributed by atoms with E-state index < -0.39 is 5.91 Å². The number of fused-ring (bicyclic) bond motifs is 1. The summed E-state index contributed by atoms with van der Waals surface area (Å²) in [5.74, 6) is 0.245. The van der Waals surface area contributed by atoms with Gasteiger partial charge in [0.05, 0.1) is 17.6 Å². The predicted octanol–water partition coefficient (Wildman–Crippen LogP) is 6.15. The zero-order valence-corrected chi connectivity index (χ0v) is 18.1. The van der Waals surface area contributed by atoms with Gasteiger partial charge in [0.25, 0.3) is 0 Å². The number of rotatable bonds is 8. The number of halogens is 2. The lowest BCUT2D eigenvalue weighted by Gasteiger charge is -2.06. The highest BCUT2D eigenvalue weighted by Gasteiger charge is 2.18. The van der Waals surface area contributed by atoms with Gasteiger partial charge in [0.15, 0.2) is 12.3 Å². The third kappa shape index (κ3) is 4.86. The molecule has 0 aliphatic rings. The van der Waals surface area contributed by atoms with E-state index >= 15 is 0 Å². The number of azo groups is 1. The van der Waals surface area contributed by atoms with E-state index in [-0.39, 0.29) is 23.2 Å². The predicted molar refractivity (Wildman–Crippen MR) is 117 cm³/mol. The minimum atomic E-state index is -0.627. The number of aromatic hydroxyl groups is 1. The van der Waals surface area contributed by atoms with Crippen molar-refractivity contribution in [2.75, 3.05) is 13.7 Å². The van der Waals surface area contributed by atoms with Gasteiger partial charge in [-0.1, -0.05) is 36.5 Å². The molecule has 0 saturated heterocycles. The van der Waals surface area contributed by atoms with Gasteiger partial charge in [0.1, 0.15) is 11.5 Å². The van der Waals surface area contributed by atoms with Crippen molar-refractivity contribution in [2.24, 2.45) is 10.2 Å². The summed E-state index contributed by atoms with van der Waals surface area (Å²) in [4.78, 5) is 12.1. The molecule has 0 spiro atoms. The van der Waals surface area contributed by atoms with E-state index in [1.807, 2.05) is 6.07 Å². The largest absolute Gasteiger partial charge is 0.497 e. The number of unbranched alkanes of at least 4 members (excludes halogenated alkanes) is 1. The van der Waals surface area contributed by atoms with Crippen LogP contribution in [0, 0.1) is 0 Å². The smallest absolute Gasteiger partial charge is 0.302 e. The molecule has 1 heterocycles. The Morgan fingerprint density at radius 1 is 1.20 bits per heavy atom. The van der Waals surface area contributed by atoms with Crippen molar-refractivity contribution in [1.29, 1.82) is 0 Å². The van der Waals surface area contributed by atoms with Crippen LogP contribution < -0.4 is 9.47 Å². The number of aryl methyl sites for hydroxylation is 1. The summed E-state index contributed by atoms with van der Waals surface area (Å²) in [6.07, 6.45) is 1.85. The summed E-state index contributed by atoms with van der Waals surface area (Å²) < 4.78 is 12.4. The highest BCUT2D eigenvalue weighted by atomic mass is 35.5. The van der Waals surface area contributed by atoms with E-state index in [0.717, 1.165) is 18.4 Å². The second-order valence-electron chi connectivity index (χ2n) is 6.52. The van der Waals surface area contributed by atoms with Crippen LogP contribution in [0.2, 0.25) is 10.0 Å². The third-order valence-corrected chi connectivity index (χ3v) is 4.99. The molecule has 2 aromatic carbocycles. The van der Waals surface area contributed by atoms with Crippen molar-refractivity contribution in [1.82, 2.24) is 4.57 Å². The first kappa shape index (κ1) is 21.9. The highest BCUT2D eigenvalue weighted by molar-refractivity contribution is 6.35. The molecule has 0 fully saturated rings. The Morgan fingerprint density at radius 2 is 2.00 bits per heavy atom. The molecule has 0 atom stereocenters. The van der Waals surface area contributed by atoms with Crippen LogP contribution in [0.5, 0.6) is 17.4 Å². The average Bonchev–Trinajstić information content (AvgIpc) is 2.99. The first-order chi connectivity index (χ1) is 14.4. The normalized spacial score (nSPS) is 11.3. The van der Waals surface area contributed by atoms with Crippen molar-refractivity contribution >= 4 is 45.7 Å². The van der Waals surface area contributed by atoms with Gasteiger partial charge in [-0.3, -0.25) is 4.79 Å². The molecule has 9 heteroatoms. The van der Waals surface area contributed by atoms with Crippen LogP contribution in [0.25, 0.3) is 10.9 Å². The maximum absolute atomic E-state index is 12.1. The zero-order valence-electron chi connectivity index (χ0n) is 16.6. The summed E-state index contributed by atoms with van der Waals surface area (Å²) in [5.41, 5.74) is 0.991. The Bertz CT molecular complexity index is 1100. The van der Waals surface area contributed by atoms with Crippen LogP contribution in [-0.4, -0.2) is 29.3 Å². The van der Waals surface area contributed by atoms with Gasteiger partial charge < -0.3 is 19.1 Å². The Balaban J connectivity index is 1.83. The number of hydrogen-bond acceptors (Lipinski definition) is 5. The Hall–Kier alpha value is -2.77. The average molecular weight is 450 g/mol. The number of carbonyl (C=O) groups is 1. The minimum Gasteiger partial charge on any atom is -0.497 e. The van der Waals surface area contributed by atoms with Crippen LogP contribution in [0.1, 0.15) is 19.8 Å². The molecule has 0 unspecified atom stereocenters. The van der Waals surface area contributed by atoms with Crippen molar-refractivity contribution < 1.29 is 19.4 Å². The fraction of sp³-hybridized carbons (Fsp3) is 0.286. The number of methoxy groups -OCH3 is 1. The fourth-order valence-electron chi connectivity index (χ4n) is 2.94. The van der Waals surface area contributed by atoms with Crippen LogP contribution >= 0.6 is 23.2 Å². The van der Waals surface area contributed by atoms with Crippen molar-refractivity contribution in [3.63, 3.8) is 0 Å². The van der Waals surface area contributed by atoms with Gasteiger partial charge in [-0.25, -0.2) is 0 Å². The van der Waals surface area contributed by atoms with Crippen molar-refractivity contribution in [2.45, 2.75) is 26.3 Å². The summed E-state index contributed by atoms with van der Waals surface area (Å²) in [7, 11) is 1.55. The number of aromatic nitrogens is 1. The number of carbonyl (C=O) groups excluding carboxylic acids is 1. The van der Waals surface area contributed by atoms with Gasteiger partial charge in [-0.2, -0.15) is 0 Å². The maximum atomic E-state index is 12.1. The number of benzene rings is 2. The van der Waals surface area contributed by atoms with E-state index in [0.29, 0.717) is 28.5 Å². The minimum absolute atomic E-state index is 0.0510. The molecule has 30 heavy (non-hydrogen) atoms. The molecule has 0 radical (unpaired) electrons. The molecule has 7 nitrogen and oxygen atoms in total. The first-order valence-electron chi connectivity index (χ1n) is 9.36. The molecule has 0 saturated carbocycles. The number of ether oxygens (including phenoxy) is 2. The van der Waals surface area contributed by atoms with E-state index in [2.05, 4.69) is 17.2 Å². The first-order valence-corrected chi connectivity index (χ1v) is 10.1. The molecule has 1 N–H and O–H groups in total. The molecule has 0 aliphatic heterocycles. The van der Waals surface area contributed by atoms with E-state index in [1.54, 1.807) is 35.9 Å². The second-order valence-corrected chi connectivity index (χ2v) is 7.36. The van der Waals surface area contributed by atoms with Gasteiger partial charge in [0, 0.05) is 17.0 Å². The highest BCUT2D eigenvalue weighted by Crippen LogP contribution is 2.40. The number of amides is 1. The molecule has 0 aliphatic carbocycles. The maximum Gasteiger partial charge on any atom is 0.302 e. The molecule has 1 aromatic heterocycles. The molecule has 3 rings (SSSR count). The lowest BCUT2D eigenvalue weighted by atomic mass is 10.2. The summed E-state index contributed by atoms with van der Waals surface area (Å²) in [6, 6.07) is 10.1. The molecule has 0 bridgehead atoms. The number of nitrogens with zero attached hydrogens (tertiary/aromatic N) is 3. The SMILES string of the molecule is CCCCn1c(O)c(N=NC(=O)COc2ccc(Cl)cc2Cl)c2cc(OC)ccc21.